The number of hydrogen-bond acceptors (Lipinski definition) is 3. The fourth-order valence-electron chi connectivity index (χ4n) is 4.54. The van der Waals surface area contributed by atoms with E-state index in [9.17, 15) is 5.11 Å². The van der Waals surface area contributed by atoms with Gasteiger partial charge in [0.25, 0.3) is 0 Å². The van der Waals surface area contributed by atoms with E-state index in [1.807, 2.05) is 0 Å². The lowest BCUT2D eigenvalue weighted by Gasteiger charge is -2.31. The van der Waals surface area contributed by atoms with Crippen LogP contribution in [0.3, 0.4) is 0 Å². The molecule has 1 N–H and O–H groups in total. The van der Waals surface area contributed by atoms with Crippen LogP contribution in [0.2, 0.25) is 0 Å². The Bertz CT molecular complexity index is 278. The Hall–Kier alpha value is -0.120. The summed E-state index contributed by atoms with van der Waals surface area (Å²) in [6.07, 6.45) is 10.3. The summed E-state index contributed by atoms with van der Waals surface area (Å²) in [4.78, 5) is 5.31. The van der Waals surface area contributed by atoms with Crippen molar-refractivity contribution in [3.8, 4) is 0 Å². The first-order valence-corrected chi connectivity index (χ1v) is 8.49. The van der Waals surface area contributed by atoms with E-state index in [2.05, 4.69) is 9.80 Å². The van der Waals surface area contributed by atoms with Crippen LogP contribution in [0.4, 0.5) is 0 Å². The van der Waals surface area contributed by atoms with E-state index in [0.717, 1.165) is 6.42 Å². The van der Waals surface area contributed by atoms with Gasteiger partial charge >= 0.3 is 0 Å². The Labute approximate surface area is 118 Å². The molecule has 0 bridgehead atoms. The van der Waals surface area contributed by atoms with Crippen LogP contribution in [0, 0.1) is 5.92 Å². The Morgan fingerprint density at radius 3 is 2.42 bits per heavy atom. The molecule has 0 amide bonds. The Kier molecular flexibility index (Phi) is 4.78. The summed E-state index contributed by atoms with van der Waals surface area (Å²) >= 11 is 0. The third-order valence-electron chi connectivity index (χ3n) is 5.56. The number of nitrogens with zero attached hydrogens (tertiary/aromatic N) is 2. The van der Waals surface area contributed by atoms with Crippen LogP contribution in [-0.4, -0.2) is 59.8 Å². The van der Waals surface area contributed by atoms with E-state index in [1.54, 1.807) is 0 Å². The summed E-state index contributed by atoms with van der Waals surface area (Å²) in [7, 11) is 0. The minimum Gasteiger partial charge on any atom is -0.393 e. The molecule has 1 aliphatic carbocycles. The lowest BCUT2D eigenvalue weighted by molar-refractivity contribution is 0.0732. The summed E-state index contributed by atoms with van der Waals surface area (Å²) in [5.41, 5.74) is 0. The first-order chi connectivity index (χ1) is 9.34. The van der Waals surface area contributed by atoms with Crippen LogP contribution in [-0.2, 0) is 0 Å². The van der Waals surface area contributed by atoms with Gasteiger partial charge in [0.1, 0.15) is 0 Å². The van der Waals surface area contributed by atoms with Crippen LogP contribution < -0.4 is 0 Å². The second kappa shape index (κ2) is 6.55. The maximum Gasteiger partial charge on any atom is 0.0583 e. The van der Waals surface area contributed by atoms with Gasteiger partial charge < -0.3 is 10.0 Å². The average Bonchev–Trinajstić information content (AvgIpc) is 3.10. The van der Waals surface area contributed by atoms with Gasteiger partial charge in [-0.2, -0.15) is 0 Å². The lowest BCUT2D eigenvalue weighted by Crippen LogP contribution is -2.40. The highest BCUT2D eigenvalue weighted by molar-refractivity contribution is 4.91. The maximum atomic E-state index is 10.1. The van der Waals surface area contributed by atoms with E-state index < -0.39 is 0 Å². The van der Waals surface area contributed by atoms with Crippen LogP contribution in [0.1, 0.15) is 51.4 Å². The molecular formula is C16H30N2O. The summed E-state index contributed by atoms with van der Waals surface area (Å²) in [5.74, 6) is 0.578. The number of likely N-dealkylation sites (tertiary alicyclic amines) is 2. The smallest absolute Gasteiger partial charge is 0.0583 e. The van der Waals surface area contributed by atoms with E-state index in [0.29, 0.717) is 12.0 Å². The van der Waals surface area contributed by atoms with Crippen LogP contribution in [0.25, 0.3) is 0 Å². The minimum atomic E-state index is -0.0100. The zero-order chi connectivity index (χ0) is 13.1. The van der Waals surface area contributed by atoms with Gasteiger partial charge in [0.05, 0.1) is 6.10 Å². The highest BCUT2D eigenvalue weighted by Crippen LogP contribution is 2.35. The molecule has 3 aliphatic rings. The first kappa shape index (κ1) is 13.8. The molecule has 2 heterocycles. The Morgan fingerprint density at radius 1 is 0.842 bits per heavy atom. The van der Waals surface area contributed by atoms with Gasteiger partial charge in [-0.3, -0.25) is 4.90 Å². The van der Waals surface area contributed by atoms with Gasteiger partial charge in [0, 0.05) is 12.0 Å². The zero-order valence-electron chi connectivity index (χ0n) is 12.3. The van der Waals surface area contributed by atoms with Gasteiger partial charge in [-0.05, 0) is 77.7 Å². The van der Waals surface area contributed by atoms with E-state index in [1.165, 1.54) is 77.7 Å². The molecule has 2 saturated heterocycles. The molecule has 0 radical (unpaired) electrons. The van der Waals surface area contributed by atoms with Crippen molar-refractivity contribution in [2.45, 2.75) is 63.5 Å². The molecule has 3 heteroatoms. The average molecular weight is 266 g/mol. The van der Waals surface area contributed by atoms with Crippen molar-refractivity contribution in [3.63, 3.8) is 0 Å². The topological polar surface area (TPSA) is 26.7 Å². The predicted molar refractivity (Wildman–Crippen MR) is 78.2 cm³/mol. The molecular weight excluding hydrogens is 236 g/mol. The fraction of sp³-hybridized carbons (Fsp3) is 1.00. The van der Waals surface area contributed by atoms with Crippen molar-refractivity contribution in [3.05, 3.63) is 0 Å². The van der Waals surface area contributed by atoms with Gasteiger partial charge in [0.15, 0.2) is 0 Å². The second-order valence-electron chi connectivity index (χ2n) is 6.81. The highest BCUT2D eigenvalue weighted by atomic mass is 16.3. The summed E-state index contributed by atoms with van der Waals surface area (Å²) in [6, 6.07) is 0.691. The molecule has 3 atom stereocenters. The van der Waals surface area contributed by atoms with Gasteiger partial charge in [-0.25, -0.2) is 0 Å². The van der Waals surface area contributed by atoms with Crippen molar-refractivity contribution in [2.24, 2.45) is 5.92 Å². The highest BCUT2D eigenvalue weighted by Gasteiger charge is 2.37. The standard InChI is InChI=1S/C16H30N2O/c19-16-8-3-6-14(16)15-7-4-12-18(15)13-5-11-17-9-1-2-10-17/h14-16,19H,1-13H2. The van der Waals surface area contributed by atoms with Crippen LogP contribution >= 0.6 is 0 Å². The fourth-order valence-corrected chi connectivity index (χ4v) is 4.54. The number of hydrogen-bond donors (Lipinski definition) is 1. The third-order valence-corrected chi connectivity index (χ3v) is 5.56. The van der Waals surface area contributed by atoms with E-state index in [4.69, 9.17) is 0 Å². The number of aliphatic hydroxyl groups excluding tert-OH is 1. The second-order valence-corrected chi connectivity index (χ2v) is 6.81. The zero-order valence-corrected chi connectivity index (χ0v) is 12.3. The Balaban J connectivity index is 1.43. The molecule has 2 aliphatic heterocycles. The summed E-state index contributed by atoms with van der Waals surface area (Å²) < 4.78 is 0. The van der Waals surface area contributed by atoms with Crippen molar-refractivity contribution in [1.29, 1.82) is 0 Å². The molecule has 3 nitrogen and oxygen atoms in total. The van der Waals surface area contributed by atoms with Gasteiger partial charge in [-0.1, -0.05) is 6.42 Å². The van der Waals surface area contributed by atoms with Crippen LogP contribution in [0.15, 0.2) is 0 Å². The first-order valence-electron chi connectivity index (χ1n) is 8.49. The molecule has 19 heavy (non-hydrogen) atoms. The number of rotatable bonds is 5. The normalized spacial score (nSPS) is 37.4. The summed E-state index contributed by atoms with van der Waals surface area (Å²) in [6.45, 7) is 6.46. The van der Waals surface area contributed by atoms with E-state index >= 15 is 0 Å². The minimum absolute atomic E-state index is 0.0100. The molecule has 0 aromatic heterocycles. The SMILES string of the molecule is OC1CCCC1C1CCCN1CCCN1CCCC1. The molecule has 0 aromatic carbocycles. The van der Waals surface area contributed by atoms with Crippen molar-refractivity contribution in [2.75, 3.05) is 32.7 Å². The molecule has 110 valence electrons. The largest absolute Gasteiger partial charge is 0.393 e. The van der Waals surface area contributed by atoms with Crippen molar-refractivity contribution < 1.29 is 5.11 Å². The molecule has 0 spiro atoms. The summed E-state index contributed by atoms with van der Waals surface area (Å²) in [5, 5.41) is 10.1. The van der Waals surface area contributed by atoms with Crippen molar-refractivity contribution in [1.82, 2.24) is 9.80 Å². The Morgan fingerprint density at radius 2 is 1.68 bits per heavy atom. The van der Waals surface area contributed by atoms with Crippen molar-refractivity contribution >= 4 is 0 Å². The quantitative estimate of drug-likeness (QED) is 0.825. The molecule has 0 aromatic rings. The van der Waals surface area contributed by atoms with Gasteiger partial charge in [-0.15, -0.1) is 0 Å². The van der Waals surface area contributed by atoms with Crippen LogP contribution in [0.5, 0.6) is 0 Å². The third kappa shape index (κ3) is 3.32. The molecule has 3 unspecified atom stereocenters. The lowest BCUT2D eigenvalue weighted by atomic mass is 9.94. The number of aliphatic hydroxyl groups is 1. The molecule has 3 rings (SSSR count). The molecule has 3 fully saturated rings. The van der Waals surface area contributed by atoms with E-state index in [-0.39, 0.29) is 6.10 Å². The maximum absolute atomic E-state index is 10.1. The predicted octanol–water partition coefficient (Wildman–Crippen LogP) is 2.10. The monoisotopic (exact) mass is 266 g/mol. The van der Waals surface area contributed by atoms with Gasteiger partial charge in [0.2, 0.25) is 0 Å². The molecule has 1 saturated carbocycles.